The molecule has 1 heterocycles. The Labute approximate surface area is 90.4 Å². The number of nitrogens with two attached hydrogens (primary N) is 1. The summed E-state index contributed by atoms with van der Waals surface area (Å²) < 4.78 is 4.38. The van der Waals surface area contributed by atoms with Crippen LogP contribution >= 0.6 is 11.3 Å². The minimum absolute atomic E-state index is 0.160. The Kier molecular flexibility index (Phi) is 3.62. The van der Waals surface area contributed by atoms with Crippen LogP contribution in [0.15, 0.2) is 0 Å². The zero-order valence-electron chi connectivity index (χ0n) is 8.36. The van der Waals surface area contributed by atoms with E-state index in [1.165, 1.54) is 7.11 Å². The number of thiazole rings is 1. The van der Waals surface area contributed by atoms with Gasteiger partial charge >= 0.3 is 5.97 Å². The summed E-state index contributed by atoms with van der Waals surface area (Å²) in [5.74, 6) is -0.870. The Hall–Kier alpha value is -1.63. The van der Waals surface area contributed by atoms with Gasteiger partial charge in [-0.25, -0.2) is 4.98 Å². The van der Waals surface area contributed by atoms with Crippen molar-refractivity contribution in [2.45, 2.75) is 6.92 Å². The van der Waals surface area contributed by atoms with Crippen LogP contribution in [0.4, 0.5) is 5.13 Å². The highest BCUT2D eigenvalue weighted by atomic mass is 32.1. The molecule has 0 spiro atoms. The predicted octanol–water partition coefficient (Wildman–Crippen LogP) is -0.0635. The van der Waals surface area contributed by atoms with Crippen molar-refractivity contribution >= 4 is 28.3 Å². The number of hydrogen-bond donors (Lipinski definition) is 2. The van der Waals surface area contributed by atoms with Crippen LogP contribution in [0.5, 0.6) is 0 Å². The van der Waals surface area contributed by atoms with Crippen molar-refractivity contribution in [1.29, 1.82) is 0 Å². The Bertz CT molecular complexity index is 388. The number of nitrogen functional groups attached to an aromatic ring is 1. The van der Waals surface area contributed by atoms with Crippen LogP contribution in [-0.2, 0) is 9.53 Å². The molecule has 0 saturated heterocycles. The van der Waals surface area contributed by atoms with Gasteiger partial charge in [0.2, 0.25) is 0 Å². The standard InChI is InChI=1S/C8H11N3O3S/c1-4-6(15-8(9)11-4)7(13)10-3-5(12)14-2/h3H2,1-2H3,(H2,9,11)(H,10,13). The van der Waals surface area contributed by atoms with Crippen molar-refractivity contribution in [3.05, 3.63) is 10.6 Å². The van der Waals surface area contributed by atoms with E-state index in [-0.39, 0.29) is 12.5 Å². The van der Waals surface area contributed by atoms with Gasteiger partial charge in [0.25, 0.3) is 5.91 Å². The number of carbonyl (C=O) groups excluding carboxylic acids is 2. The molecule has 3 N–H and O–H groups in total. The average Bonchev–Trinajstić information content (AvgIpc) is 2.53. The number of ether oxygens (including phenoxy) is 1. The molecule has 1 aromatic rings. The second kappa shape index (κ2) is 4.74. The number of amides is 1. The van der Waals surface area contributed by atoms with E-state index in [1.54, 1.807) is 6.92 Å². The summed E-state index contributed by atoms with van der Waals surface area (Å²) in [6, 6.07) is 0. The van der Waals surface area contributed by atoms with E-state index in [2.05, 4.69) is 15.0 Å². The number of hydrogen-bond acceptors (Lipinski definition) is 6. The first-order valence-electron chi connectivity index (χ1n) is 4.12. The summed E-state index contributed by atoms with van der Waals surface area (Å²) in [5.41, 5.74) is 5.99. The van der Waals surface area contributed by atoms with Gasteiger partial charge in [-0.15, -0.1) is 0 Å². The Morgan fingerprint density at radius 1 is 1.60 bits per heavy atom. The van der Waals surface area contributed by atoms with E-state index in [9.17, 15) is 9.59 Å². The number of nitrogens with zero attached hydrogens (tertiary/aromatic N) is 1. The molecule has 0 unspecified atom stereocenters. The van der Waals surface area contributed by atoms with Crippen LogP contribution < -0.4 is 11.1 Å². The van der Waals surface area contributed by atoms with Crippen LogP contribution in [0, 0.1) is 6.92 Å². The van der Waals surface area contributed by atoms with Gasteiger partial charge in [-0.1, -0.05) is 11.3 Å². The maximum atomic E-state index is 11.5. The second-order valence-corrected chi connectivity index (χ2v) is 3.76. The Morgan fingerprint density at radius 3 is 2.73 bits per heavy atom. The van der Waals surface area contributed by atoms with E-state index in [0.717, 1.165) is 11.3 Å². The quantitative estimate of drug-likeness (QED) is 0.708. The summed E-state index contributed by atoms with van der Waals surface area (Å²) >= 11 is 1.08. The lowest BCUT2D eigenvalue weighted by Gasteiger charge is -2.01. The van der Waals surface area contributed by atoms with Crippen molar-refractivity contribution in [3.8, 4) is 0 Å². The lowest BCUT2D eigenvalue weighted by Crippen LogP contribution is -2.29. The van der Waals surface area contributed by atoms with E-state index in [1.807, 2.05) is 0 Å². The fraction of sp³-hybridized carbons (Fsp3) is 0.375. The largest absolute Gasteiger partial charge is 0.468 e. The number of anilines is 1. The molecule has 0 aliphatic heterocycles. The summed E-state index contributed by atoms with van der Waals surface area (Å²) in [4.78, 5) is 26.6. The molecule has 1 aromatic heterocycles. The SMILES string of the molecule is COC(=O)CNC(=O)c1sc(N)nc1C. The molecule has 0 fully saturated rings. The number of methoxy groups -OCH3 is 1. The molecule has 0 atom stereocenters. The number of nitrogens with one attached hydrogen (secondary N) is 1. The van der Waals surface area contributed by atoms with Crippen molar-refractivity contribution in [2.24, 2.45) is 0 Å². The lowest BCUT2D eigenvalue weighted by molar-refractivity contribution is -0.139. The summed E-state index contributed by atoms with van der Waals surface area (Å²) in [7, 11) is 1.25. The first kappa shape index (κ1) is 11.4. The average molecular weight is 229 g/mol. The van der Waals surface area contributed by atoms with E-state index in [4.69, 9.17) is 5.73 Å². The number of carbonyl (C=O) groups is 2. The third kappa shape index (κ3) is 2.91. The molecule has 6 nitrogen and oxygen atoms in total. The zero-order chi connectivity index (χ0) is 11.4. The Morgan fingerprint density at radius 2 is 2.27 bits per heavy atom. The van der Waals surface area contributed by atoms with Crippen LogP contribution in [0.2, 0.25) is 0 Å². The molecular weight excluding hydrogens is 218 g/mol. The third-order valence-electron chi connectivity index (χ3n) is 1.64. The number of rotatable bonds is 3. The number of aromatic nitrogens is 1. The van der Waals surface area contributed by atoms with Gasteiger partial charge in [0, 0.05) is 0 Å². The molecule has 82 valence electrons. The molecule has 0 aromatic carbocycles. The zero-order valence-corrected chi connectivity index (χ0v) is 9.18. The van der Waals surface area contributed by atoms with Crippen molar-refractivity contribution in [1.82, 2.24) is 10.3 Å². The minimum Gasteiger partial charge on any atom is -0.468 e. The van der Waals surface area contributed by atoms with Crippen molar-refractivity contribution < 1.29 is 14.3 Å². The predicted molar refractivity (Wildman–Crippen MR) is 55.6 cm³/mol. The van der Waals surface area contributed by atoms with E-state index < -0.39 is 5.97 Å². The maximum absolute atomic E-state index is 11.5. The minimum atomic E-state index is -0.501. The second-order valence-electron chi connectivity index (χ2n) is 2.73. The lowest BCUT2D eigenvalue weighted by atomic mass is 10.4. The van der Waals surface area contributed by atoms with Crippen LogP contribution in [0.3, 0.4) is 0 Å². The van der Waals surface area contributed by atoms with E-state index in [0.29, 0.717) is 15.7 Å². The Balaban J connectivity index is 2.61. The highest BCUT2D eigenvalue weighted by Gasteiger charge is 2.14. The van der Waals surface area contributed by atoms with Crippen LogP contribution in [0.1, 0.15) is 15.4 Å². The summed E-state index contributed by atoms with van der Waals surface area (Å²) in [5, 5.41) is 2.73. The van der Waals surface area contributed by atoms with Gasteiger partial charge in [0.15, 0.2) is 5.13 Å². The molecule has 1 amide bonds. The maximum Gasteiger partial charge on any atom is 0.325 e. The third-order valence-corrected chi connectivity index (χ3v) is 2.63. The highest BCUT2D eigenvalue weighted by Crippen LogP contribution is 2.18. The van der Waals surface area contributed by atoms with Gasteiger partial charge in [-0.05, 0) is 6.92 Å². The molecular formula is C8H11N3O3S. The molecule has 7 heteroatoms. The molecule has 0 aliphatic carbocycles. The fourth-order valence-electron chi connectivity index (χ4n) is 0.933. The van der Waals surface area contributed by atoms with Gasteiger partial charge in [-0.2, -0.15) is 0 Å². The normalized spacial score (nSPS) is 9.73. The topological polar surface area (TPSA) is 94.3 Å². The van der Waals surface area contributed by atoms with Gasteiger partial charge in [0.05, 0.1) is 12.8 Å². The fourth-order valence-corrected chi connectivity index (χ4v) is 1.68. The number of aryl methyl sites for hydroxylation is 1. The number of esters is 1. The smallest absolute Gasteiger partial charge is 0.325 e. The molecule has 15 heavy (non-hydrogen) atoms. The van der Waals surface area contributed by atoms with Gasteiger partial charge in [-0.3, -0.25) is 9.59 Å². The first-order valence-corrected chi connectivity index (χ1v) is 4.94. The monoisotopic (exact) mass is 229 g/mol. The molecule has 0 saturated carbocycles. The van der Waals surface area contributed by atoms with Crippen LogP contribution in [0.25, 0.3) is 0 Å². The van der Waals surface area contributed by atoms with Gasteiger partial charge < -0.3 is 15.8 Å². The van der Waals surface area contributed by atoms with E-state index >= 15 is 0 Å². The summed E-state index contributed by atoms with van der Waals surface area (Å²) in [6.07, 6.45) is 0. The van der Waals surface area contributed by atoms with Crippen molar-refractivity contribution in [2.75, 3.05) is 19.4 Å². The van der Waals surface area contributed by atoms with Crippen molar-refractivity contribution in [3.63, 3.8) is 0 Å². The molecule has 1 rings (SSSR count). The first-order chi connectivity index (χ1) is 7.04. The molecule has 0 bridgehead atoms. The van der Waals surface area contributed by atoms with Crippen LogP contribution in [-0.4, -0.2) is 30.5 Å². The molecule has 0 aliphatic rings. The molecule has 0 radical (unpaired) electrons. The highest BCUT2D eigenvalue weighted by molar-refractivity contribution is 7.17. The van der Waals surface area contributed by atoms with Gasteiger partial charge in [0.1, 0.15) is 11.4 Å². The summed E-state index contributed by atoms with van der Waals surface area (Å²) in [6.45, 7) is 1.52.